The highest BCUT2D eigenvalue weighted by Crippen LogP contribution is 2.16. The second kappa shape index (κ2) is 6.01. The molecule has 1 fully saturated rings. The normalized spacial score (nSPS) is 22.9. The Bertz CT molecular complexity index is 373. The van der Waals surface area contributed by atoms with Crippen molar-refractivity contribution < 1.29 is 29.0 Å². The molecule has 1 heterocycles. The number of carbonyl (C=O) groups excluding carboxylic acids is 2. The first-order chi connectivity index (χ1) is 8.67. The van der Waals surface area contributed by atoms with Crippen molar-refractivity contribution in [2.75, 3.05) is 6.61 Å². The van der Waals surface area contributed by atoms with Gasteiger partial charge in [0.05, 0.1) is 12.6 Å². The number of hydrogen-bond acceptors (Lipinski definition) is 5. The minimum Gasteiger partial charge on any atom is -0.481 e. The fourth-order valence-corrected chi connectivity index (χ4v) is 1.69. The largest absolute Gasteiger partial charge is 0.481 e. The van der Waals surface area contributed by atoms with Crippen LogP contribution >= 0.6 is 0 Å². The van der Waals surface area contributed by atoms with Crippen LogP contribution in [0.25, 0.3) is 0 Å². The summed E-state index contributed by atoms with van der Waals surface area (Å²) in [7, 11) is 0. The van der Waals surface area contributed by atoms with Crippen molar-refractivity contribution >= 4 is 17.8 Å². The Labute approximate surface area is 111 Å². The van der Waals surface area contributed by atoms with Crippen molar-refractivity contribution in [3.63, 3.8) is 0 Å². The fraction of sp³-hybridized carbons (Fsp3) is 0.750. The summed E-state index contributed by atoms with van der Waals surface area (Å²) in [4.78, 5) is 33.4. The van der Waals surface area contributed by atoms with Crippen LogP contribution < -0.4 is 5.32 Å². The van der Waals surface area contributed by atoms with Crippen LogP contribution in [-0.4, -0.2) is 47.3 Å². The minimum atomic E-state index is -1.18. The van der Waals surface area contributed by atoms with Gasteiger partial charge in [-0.3, -0.25) is 9.59 Å². The van der Waals surface area contributed by atoms with Gasteiger partial charge in [-0.25, -0.2) is 4.79 Å². The number of alkyl carbamates (subject to hydrolysis) is 1. The molecule has 108 valence electrons. The number of Topliss-reactive ketones (excluding diaryl/α,β-unsaturated/α-hetero) is 1. The van der Waals surface area contributed by atoms with Gasteiger partial charge in [-0.1, -0.05) is 0 Å². The average Bonchev–Trinajstić information content (AvgIpc) is 2.61. The van der Waals surface area contributed by atoms with E-state index in [2.05, 4.69) is 5.32 Å². The second-order valence-electron chi connectivity index (χ2n) is 5.44. The third-order valence-corrected chi connectivity index (χ3v) is 2.40. The van der Waals surface area contributed by atoms with E-state index in [1.807, 2.05) is 0 Å². The van der Waals surface area contributed by atoms with Crippen molar-refractivity contribution in [1.82, 2.24) is 5.32 Å². The molecule has 2 atom stereocenters. The highest BCUT2D eigenvalue weighted by atomic mass is 16.6. The summed E-state index contributed by atoms with van der Waals surface area (Å²) in [6.07, 6.45) is -1.64. The molecule has 0 spiro atoms. The lowest BCUT2D eigenvalue weighted by atomic mass is 10.1. The molecule has 0 saturated carbocycles. The van der Waals surface area contributed by atoms with E-state index in [0.29, 0.717) is 0 Å². The van der Waals surface area contributed by atoms with Crippen LogP contribution in [0.4, 0.5) is 4.79 Å². The Morgan fingerprint density at radius 3 is 2.53 bits per heavy atom. The molecule has 19 heavy (non-hydrogen) atoms. The number of amides is 1. The number of ketones is 1. The molecule has 0 radical (unpaired) electrons. The SMILES string of the molecule is CC(C)(C)OC(=O)NC1COC(C(=O)CC(=O)O)C1. The lowest BCUT2D eigenvalue weighted by Gasteiger charge is -2.21. The van der Waals surface area contributed by atoms with Gasteiger partial charge < -0.3 is 19.9 Å². The summed E-state index contributed by atoms with van der Waals surface area (Å²) < 4.78 is 10.3. The van der Waals surface area contributed by atoms with E-state index in [-0.39, 0.29) is 19.1 Å². The van der Waals surface area contributed by atoms with Crippen LogP contribution in [0.2, 0.25) is 0 Å². The number of carboxylic acids is 1. The highest BCUT2D eigenvalue weighted by Gasteiger charge is 2.33. The molecule has 1 rings (SSSR count). The first-order valence-electron chi connectivity index (χ1n) is 6.03. The zero-order chi connectivity index (χ0) is 14.6. The van der Waals surface area contributed by atoms with Crippen LogP contribution in [0.3, 0.4) is 0 Å². The lowest BCUT2D eigenvalue weighted by Crippen LogP contribution is -2.39. The van der Waals surface area contributed by atoms with Gasteiger partial charge in [-0.2, -0.15) is 0 Å². The van der Waals surface area contributed by atoms with Crippen LogP contribution in [0.15, 0.2) is 0 Å². The fourth-order valence-electron chi connectivity index (χ4n) is 1.69. The molecule has 0 bridgehead atoms. The molecule has 1 amide bonds. The van der Waals surface area contributed by atoms with Crippen molar-refractivity contribution in [3.05, 3.63) is 0 Å². The molecule has 2 unspecified atom stereocenters. The van der Waals surface area contributed by atoms with Crippen LogP contribution in [0.1, 0.15) is 33.6 Å². The zero-order valence-electron chi connectivity index (χ0n) is 11.3. The van der Waals surface area contributed by atoms with Crippen molar-refractivity contribution in [3.8, 4) is 0 Å². The van der Waals surface area contributed by atoms with Crippen LogP contribution in [0, 0.1) is 0 Å². The van der Waals surface area contributed by atoms with Crippen LogP contribution in [0.5, 0.6) is 0 Å². The van der Waals surface area contributed by atoms with Gasteiger partial charge in [0.2, 0.25) is 0 Å². The highest BCUT2D eigenvalue weighted by molar-refractivity contribution is 5.97. The molecule has 0 aliphatic carbocycles. The predicted molar refractivity (Wildman–Crippen MR) is 64.8 cm³/mol. The van der Waals surface area contributed by atoms with E-state index in [1.54, 1.807) is 20.8 Å². The number of carboxylic acid groups (broad SMARTS) is 1. The van der Waals surface area contributed by atoms with E-state index in [9.17, 15) is 14.4 Å². The minimum absolute atomic E-state index is 0.176. The van der Waals surface area contributed by atoms with Gasteiger partial charge in [0, 0.05) is 6.42 Å². The second-order valence-corrected chi connectivity index (χ2v) is 5.44. The van der Waals surface area contributed by atoms with Crippen molar-refractivity contribution in [2.45, 2.75) is 51.4 Å². The standard InChI is InChI=1S/C12H19NO6/c1-12(2,3)19-11(17)13-7-4-9(18-6-7)8(14)5-10(15)16/h7,9H,4-6H2,1-3H3,(H,13,17)(H,15,16). The number of aliphatic carboxylic acids is 1. The maximum absolute atomic E-state index is 11.5. The first kappa shape index (κ1) is 15.4. The third kappa shape index (κ3) is 5.69. The summed E-state index contributed by atoms with van der Waals surface area (Å²) in [5, 5.41) is 11.1. The molecular formula is C12H19NO6. The predicted octanol–water partition coefficient (Wildman–Crippen LogP) is 0.712. The number of hydrogen-bond donors (Lipinski definition) is 2. The van der Waals surface area contributed by atoms with Gasteiger partial charge >= 0.3 is 12.1 Å². The monoisotopic (exact) mass is 273 g/mol. The molecule has 1 aliphatic heterocycles. The molecule has 0 aromatic rings. The first-order valence-corrected chi connectivity index (χ1v) is 6.03. The Morgan fingerprint density at radius 1 is 1.37 bits per heavy atom. The summed E-state index contributed by atoms with van der Waals surface area (Å²) in [6, 6.07) is -0.336. The van der Waals surface area contributed by atoms with E-state index < -0.39 is 36.0 Å². The van der Waals surface area contributed by atoms with E-state index in [4.69, 9.17) is 14.6 Å². The number of rotatable bonds is 4. The average molecular weight is 273 g/mol. The summed E-state index contributed by atoms with van der Waals surface area (Å²) in [6.45, 7) is 5.42. The molecular weight excluding hydrogens is 254 g/mol. The van der Waals surface area contributed by atoms with Gasteiger partial charge in [-0.15, -0.1) is 0 Å². The third-order valence-electron chi connectivity index (χ3n) is 2.40. The molecule has 0 aromatic heterocycles. The van der Waals surface area contributed by atoms with Crippen molar-refractivity contribution in [2.24, 2.45) is 0 Å². The quantitative estimate of drug-likeness (QED) is 0.731. The molecule has 7 heteroatoms. The van der Waals surface area contributed by atoms with E-state index >= 15 is 0 Å². The van der Waals surface area contributed by atoms with E-state index in [1.165, 1.54) is 0 Å². The van der Waals surface area contributed by atoms with Crippen molar-refractivity contribution in [1.29, 1.82) is 0 Å². The molecule has 1 saturated heterocycles. The van der Waals surface area contributed by atoms with Gasteiger partial charge in [0.25, 0.3) is 0 Å². The summed E-state index contributed by atoms with van der Waals surface area (Å²) in [5.41, 5.74) is -0.595. The Morgan fingerprint density at radius 2 is 2.00 bits per heavy atom. The topological polar surface area (TPSA) is 102 Å². The zero-order valence-corrected chi connectivity index (χ0v) is 11.3. The number of ether oxygens (including phenoxy) is 2. The van der Waals surface area contributed by atoms with Gasteiger partial charge in [0.1, 0.15) is 18.1 Å². The molecule has 1 aliphatic rings. The van der Waals surface area contributed by atoms with Gasteiger partial charge in [0.15, 0.2) is 5.78 Å². The Kier molecular flexibility index (Phi) is 4.88. The maximum atomic E-state index is 11.5. The molecule has 2 N–H and O–H groups in total. The Balaban J connectivity index is 2.38. The summed E-state index contributed by atoms with van der Waals surface area (Å²) in [5.74, 6) is -1.67. The summed E-state index contributed by atoms with van der Waals surface area (Å²) >= 11 is 0. The number of carbonyl (C=O) groups is 3. The van der Waals surface area contributed by atoms with Gasteiger partial charge in [-0.05, 0) is 20.8 Å². The maximum Gasteiger partial charge on any atom is 0.407 e. The molecule has 0 aromatic carbocycles. The van der Waals surface area contributed by atoms with E-state index in [0.717, 1.165) is 0 Å². The molecule has 7 nitrogen and oxygen atoms in total. The smallest absolute Gasteiger partial charge is 0.407 e. The van der Waals surface area contributed by atoms with Crippen LogP contribution in [-0.2, 0) is 19.1 Å². The Hall–Kier alpha value is -1.63. The lowest BCUT2D eigenvalue weighted by molar-refractivity contribution is -0.142. The number of nitrogens with one attached hydrogen (secondary N) is 1.